The molecule has 0 saturated carbocycles. The maximum atomic E-state index is 12.5. The van der Waals surface area contributed by atoms with Crippen molar-refractivity contribution in [3.8, 4) is 0 Å². The highest BCUT2D eigenvalue weighted by molar-refractivity contribution is 5.95. The monoisotopic (exact) mass is 290 g/mol. The predicted octanol–water partition coefficient (Wildman–Crippen LogP) is -0.201. The Morgan fingerprint density at radius 2 is 2.10 bits per heavy atom. The van der Waals surface area contributed by atoms with Crippen molar-refractivity contribution in [3.05, 3.63) is 30.3 Å². The summed E-state index contributed by atoms with van der Waals surface area (Å²) in [5.74, 6) is -0.408. The summed E-state index contributed by atoms with van der Waals surface area (Å²) in [6.45, 7) is 4.64. The maximum Gasteiger partial charge on any atom is 0.241 e. The fraction of sp³-hybridized carbons (Fsp3) is 0.467. The van der Waals surface area contributed by atoms with Crippen LogP contribution >= 0.6 is 0 Å². The second kappa shape index (κ2) is 7.19. The number of carbonyl (C=O) groups excluding carboxylic acids is 2. The number of para-hydroxylation sites is 1. The van der Waals surface area contributed by atoms with E-state index in [4.69, 9.17) is 5.73 Å². The van der Waals surface area contributed by atoms with Gasteiger partial charge in [-0.05, 0) is 19.1 Å². The Balaban J connectivity index is 2.06. The Kier molecular flexibility index (Phi) is 5.30. The van der Waals surface area contributed by atoms with Crippen LogP contribution in [0.1, 0.15) is 6.92 Å². The normalized spacial score (nSPS) is 19.2. The fourth-order valence-corrected chi connectivity index (χ4v) is 2.59. The number of amides is 2. The molecule has 1 fully saturated rings. The molecule has 6 heteroatoms. The zero-order valence-corrected chi connectivity index (χ0v) is 12.3. The van der Waals surface area contributed by atoms with E-state index in [1.54, 1.807) is 4.90 Å². The minimum atomic E-state index is -0.419. The lowest BCUT2D eigenvalue weighted by molar-refractivity contribution is -0.126. The van der Waals surface area contributed by atoms with Crippen molar-refractivity contribution in [1.29, 1.82) is 0 Å². The maximum absolute atomic E-state index is 12.5. The minimum absolute atomic E-state index is 0.0168. The molecule has 1 aliphatic rings. The second-order valence-electron chi connectivity index (χ2n) is 5.07. The molecular weight excluding hydrogens is 268 g/mol. The van der Waals surface area contributed by atoms with Gasteiger partial charge in [-0.1, -0.05) is 18.2 Å². The van der Waals surface area contributed by atoms with Crippen molar-refractivity contribution in [3.63, 3.8) is 0 Å². The summed E-state index contributed by atoms with van der Waals surface area (Å²) in [5.41, 5.74) is 6.28. The number of piperazine rings is 1. The van der Waals surface area contributed by atoms with E-state index in [9.17, 15) is 9.59 Å². The number of anilines is 1. The van der Waals surface area contributed by atoms with Gasteiger partial charge in [-0.15, -0.1) is 0 Å². The van der Waals surface area contributed by atoms with Gasteiger partial charge in [0.15, 0.2) is 0 Å². The van der Waals surface area contributed by atoms with Crippen molar-refractivity contribution >= 4 is 17.5 Å². The molecule has 2 rings (SSSR count). The summed E-state index contributed by atoms with van der Waals surface area (Å²) in [7, 11) is 0. The van der Waals surface area contributed by atoms with E-state index in [1.807, 2.05) is 42.2 Å². The van der Waals surface area contributed by atoms with Crippen LogP contribution in [0.2, 0.25) is 0 Å². The molecule has 0 bridgehead atoms. The summed E-state index contributed by atoms with van der Waals surface area (Å²) >= 11 is 0. The summed E-state index contributed by atoms with van der Waals surface area (Å²) in [4.78, 5) is 27.6. The molecule has 6 nitrogen and oxygen atoms in total. The quantitative estimate of drug-likeness (QED) is 0.787. The molecule has 1 unspecified atom stereocenters. The van der Waals surface area contributed by atoms with Gasteiger partial charge in [0.2, 0.25) is 11.8 Å². The lowest BCUT2D eigenvalue weighted by Gasteiger charge is -2.35. The molecular formula is C15H22N4O2. The molecule has 2 amide bonds. The van der Waals surface area contributed by atoms with Gasteiger partial charge in [0.05, 0.1) is 6.54 Å². The van der Waals surface area contributed by atoms with Crippen molar-refractivity contribution in [1.82, 2.24) is 10.2 Å². The van der Waals surface area contributed by atoms with Crippen LogP contribution in [0.25, 0.3) is 0 Å². The van der Waals surface area contributed by atoms with Crippen LogP contribution < -0.4 is 16.0 Å². The van der Waals surface area contributed by atoms with E-state index in [-0.39, 0.29) is 12.5 Å². The Hall–Kier alpha value is -1.92. The highest BCUT2D eigenvalue weighted by Gasteiger charge is 2.29. The van der Waals surface area contributed by atoms with E-state index in [0.717, 1.165) is 12.2 Å². The lowest BCUT2D eigenvalue weighted by atomic mass is 10.1. The number of nitrogens with two attached hydrogens (primary N) is 1. The van der Waals surface area contributed by atoms with Crippen LogP contribution in [0.15, 0.2) is 30.3 Å². The SMILES string of the molecule is CCN(C(=O)CN1CCNCC1C(N)=O)c1ccccc1. The number of likely N-dealkylation sites (N-methyl/N-ethyl adjacent to an activating group) is 1. The van der Waals surface area contributed by atoms with Gasteiger partial charge in [0.25, 0.3) is 0 Å². The van der Waals surface area contributed by atoms with Crippen molar-refractivity contribution in [2.75, 3.05) is 37.6 Å². The molecule has 114 valence electrons. The summed E-state index contributed by atoms with van der Waals surface area (Å²) in [5, 5.41) is 3.13. The highest BCUT2D eigenvalue weighted by atomic mass is 16.2. The van der Waals surface area contributed by atoms with Crippen LogP contribution in [0, 0.1) is 0 Å². The topological polar surface area (TPSA) is 78.7 Å². The number of nitrogens with one attached hydrogen (secondary N) is 1. The molecule has 0 spiro atoms. The first-order chi connectivity index (χ1) is 10.1. The molecule has 21 heavy (non-hydrogen) atoms. The average Bonchev–Trinajstić information content (AvgIpc) is 2.49. The molecule has 1 heterocycles. The summed E-state index contributed by atoms with van der Waals surface area (Å²) in [6.07, 6.45) is 0. The molecule has 0 aromatic heterocycles. The molecule has 3 N–H and O–H groups in total. The standard InChI is InChI=1S/C15H22N4O2/c1-2-19(12-6-4-3-5-7-12)14(20)11-18-9-8-17-10-13(18)15(16)21/h3-7,13,17H,2,8-11H2,1H3,(H2,16,21). The first-order valence-corrected chi connectivity index (χ1v) is 7.23. The molecule has 1 saturated heterocycles. The van der Waals surface area contributed by atoms with Gasteiger partial charge < -0.3 is 16.0 Å². The van der Waals surface area contributed by atoms with Crippen molar-refractivity contribution < 1.29 is 9.59 Å². The van der Waals surface area contributed by atoms with E-state index in [2.05, 4.69) is 5.32 Å². The lowest BCUT2D eigenvalue weighted by Crippen LogP contribution is -2.59. The Labute approximate surface area is 124 Å². The van der Waals surface area contributed by atoms with Gasteiger partial charge in [-0.2, -0.15) is 0 Å². The van der Waals surface area contributed by atoms with E-state index in [1.165, 1.54) is 0 Å². The first-order valence-electron chi connectivity index (χ1n) is 7.23. The van der Waals surface area contributed by atoms with Crippen molar-refractivity contribution in [2.45, 2.75) is 13.0 Å². The highest BCUT2D eigenvalue weighted by Crippen LogP contribution is 2.14. The Bertz CT molecular complexity index is 492. The zero-order chi connectivity index (χ0) is 15.2. The number of hydrogen-bond donors (Lipinski definition) is 2. The Morgan fingerprint density at radius 1 is 1.38 bits per heavy atom. The third kappa shape index (κ3) is 3.80. The number of carbonyl (C=O) groups is 2. The minimum Gasteiger partial charge on any atom is -0.368 e. The van der Waals surface area contributed by atoms with Gasteiger partial charge >= 0.3 is 0 Å². The first kappa shape index (κ1) is 15.5. The van der Waals surface area contributed by atoms with E-state index in [0.29, 0.717) is 19.6 Å². The number of rotatable bonds is 5. The molecule has 0 radical (unpaired) electrons. The molecule has 1 aliphatic heterocycles. The molecule has 1 atom stereocenters. The van der Waals surface area contributed by atoms with Crippen LogP contribution in [0.5, 0.6) is 0 Å². The zero-order valence-electron chi connectivity index (χ0n) is 12.3. The molecule has 1 aromatic carbocycles. The third-order valence-electron chi connectivity index (χ3n) is 3.71. The summed E-state index contributed by atoms with van der Waals surface area (Å²) in [6, 6.07) is 9.12. The number of primary amides is 1. The van der Waals surface area contributed by atoms with Crippen LogP contribution in [0.4, 0.5) is 5.69 Å². The van der Waals surface area contributed by atoms with Crippen LogP contribution in [-0.4, -0.2) is 55.5 Å². The molecule has 0 aliphatic carbocycles. The predicted molar refractivity (Wildman–Crippen MR) is 81.9 cm³/mol. The molecule has 1 aromatic rings. The van der Waals surface area contributed by atoms with E-state index >= 15 is 0 Å². The number of nitrogens with zero attached hydrogens (tertiary/aromatic N) is 2. The summed E-state index contributed by atoms with van der Waals surface area (Å²) < 4.78 is 0. The average molecular weight is 290 g/mol. The second-order valence-corrected chi connectivity index (χ2v) is 5.07. The smallest absolute Gasteiger partial charge is 0.241 e. The third-order valence-corrected chi connectivity index (χ3v) is 3.71. The van der Waals surface area contributed by atoms with E-state index < -0.39 is 11.9 Å². The van der Waals surface area contributed by atoms with Gasteiger partial charge in [0, 0.05) is 31.9 Å². The largest absolute Gasteiger partial charge is 0.368 e. The van der Waals surface area contributed by atoms with Gasteiger partial charge in [-0.3, -0.25) is 14.5 Å². The Morgan fingerprint density at radius 3 is 2.71 bits per heavy atom. The van der Waals surface area contributed by atoms with Gasteiger partial charge in [-0.25, -0.2) is 0 Å². The fourth-order valence-electron chi connectivity index (χ4n) is 2.59. The number of hydrogen-bond acceptors (Lipinski definition) is 4. The van der Waals surface area contributed by atoms with Gasteiger partial charge in [0.1, 0.15) is 6.04 Å². The van der Waals surface area contributed by atoms with Crippen LogP contribution in [-0.2, 0) is 9.59 Å². The number of benzene rings is 1. The van der Waals surface area contributed by atoms with Crippen molar-refractivity contribution in [2.24, 2.45) is 5.73 Å². The van der Waals surface area contributed by atoms with Crippen LogP contribution in [0.3, 0.4) is 0 Å².